The molecule has 1 amide bonds. The van der Waals surface area contributed by atoms with Gasteiger partial charge < -0.3 is 15.8 Å². The molecule has 0 aliphatic heterocycles. The van der Waals surface area contributed by atoms with Crippen LogP contribution in [-0.2, 0) is 4.79 Å². The molecular formula is C12H19N3O2. The molecule has 0 aliphatic carbocycles. The molecule has 0 unspecified atom stereocenters. The zero-order chi connectivity index (χ0) is 12.7. The van der Waals surface area contributed by atoms with Crippen molar-refractivity contribution in [3.63, 3.8) is 0 Å². The first-order chi connectivity index (χ1) is 8.09. The number of aromatic nitrogens is 1. The SMILES string of the molecule is CC(C)CCNC(=O)COc1cccnc1N. The molecule has 5 nitrogen and oxygen atoms in total. The molecule has 0 radical (unpaired) electrons. The number of nitrogens with zero attached hydrogens (tertiary/aromatic N) is 1. The summed E-state index contributed by atoms with van der Waals surface area (Å²) in [5, 5.41) is 2.78. The van der Waals surface area contributed by atoms with Crippen molar-refractivity contribution in [2.45, 2.75) is 20.3 Å². The standard InChI is InChI=1S/C12H19N3O2/c1-9(2)5-7-14-11(16)8-17-10-4-3-6-15-12(10)13/h3-4,6,9H,5,7-8H2,1-2H3,(H2,13,15)(H,14,16). The van der Waals surface area contributed by atoms with E-state index in [4.69, 9.17) is 10.5 Å². The van der Waals surface area contributed by atoms with Crippen LogP contribution in [-0.4, -0.2) is 24.0 Å². The van der Waals surface area contributed by atoms with Crippen LogP contribution in [0, 0.1) is 5.92 Å². The minimum absolute atomic E-state index is 0.0337. The van der Waals surface area contributed by atoms with Gasteiger partial charge >= 0.3 is 0 Å². The van der Waals surface area contributed by atoms with Crippen LogP contribution in [0.5, 0.6) is 5.75 Å². The van der Waals surface area contributed by atoms with Crippen molar-refractivity contribution in [2.24, 2.45) is 5.92 Å². The fourth-order valence-electron chi connectivity index (χ4n) is 1.22. The minimum atomic E-state index is -0.145. The van der Waals surface area contributed by atoms with Crippen LogP contribution in [0.3, 0.4) is 0 Å². The van der Waals surface area contributed by atoms with Gasteiger partial charge in [0.1, 0.15) is 0 Å². The van der Waals surface area contributed by atoms with Crippen molar-refractivity contribution in [1.82, 2.24) is 10.3 Å². The molecule has 5 heteroatoms. The van der Waals surface area contributed by atoms with Gasteiger partial charge in [0.05, 0.1) is 0 Å². The fraction of sp³-hybridized carbons (Fsp3) is 0.500. The number of carbonyl (C=O) groups is 1. The van der Waals surface area contributed by atoms with Gasteiger partial charge in [0, 0.05) is 12.7 Å². The van der Waals surface area contributed by atoms with Gasteiger partial charge in [-0.15, -0.1) is 0 Å². The largest absolute Gasteiger partial charge is 0.480 e. The molecule has 0 aliphatic rings. The van der Waals surface area contributed by atoms with E-state index in [2.05, 4.69) is 24.1 Å². The Labute approximate surface area is 101 Å². The van der Waals surface area contributed by atoms with Gasteiger partial charge in [-0.3, -0.25) is 4.79 Å². The lowest BCUT2D eigenvalue weighted by molar-refractivity contribution is -0.123. The summed E-state index contributed by atoms with van der Waals surface area (Å²) in [5.41, 5.74) is 5.58. The minimum Gasteiger partial charge on any atom is -0.480 e. The van der Waals surface area contributed by atoms with Gasteiger partial charge in [-0.1, -0.05) is 13.8 Å². The molecular weight excluding hydrogens is 218 g/mol. The zero-order valence-corrected chi connectivity index (χ0v) is 10.3. The average Bonchev–Trinajstić information content (AvgIpc) is 2.27. The second kappa shape index (κ2) is 6.73. The fourth-order valence-corrected chi connectivity index (χ4v) is 1.22. The normalized spacial score (nSPS) is 10.3. The maximum absolute atomic E-state index is 11.4. The van der Waals surface area contributed by atoms with Crippen molar-refractivity contribution in [3.8, 4) is 5.75 Å². The molecule has 3 N–H and O–H groups in total. The number of ether oxygens (including phenoxy) is 1. The monoisotopic (exact) mass is 237 g/mol. The van der Waals surface area contributed by atoms with Crippen molar-refractivity contribution < 1.29 is 9.53 Å². The first-order valence-corrected chi connectivity index (χ1v) is 5.69. The van der Waals surface area contributed by atoms with Crippen LogP contribution in [0.25, 0.3) is 0 Å². The van der Waals surface area contributed by atoms with Crippen LogP contribution in [0.15, 0.2) is 18.3 Å². The molecule has 0 spiro atoms. The van der Waals surface area contributed by atoms with Gasteiger partial charge in [-0.05, 0) is 24.5 Å². The number of pyridine rings is 1. The summed E-state index contributed by atoms with van der Waals surface area (Å²) in [5.74, 6) is 1.16. The van der Waals surface area contributed by atoms with Crippen molar-refractivity contribution >= 4 is 11.7 Å². The average molecular weight is 237 g/mol. The van der Waals surface area contributed by atoms with E-state index in [0.717, 1.165) is 6.42 Å². The molecule has 0 saturated heterocycles. The summed E-state index contributed by atoms with van der Waals surface area (Å²) in [4.78, 5) is 15.3. The second-order valence-corrected chi connectivity index (χ2v) is 4.21. The molecule has 17 heavy (non-hydrogen) atoms. The lowest BCUT2D eigenvalue weighted by Gasteiger charge is -2.09. The van der Waals surface area contributed by atoms with Crippen LogP contribution in [0.4, 0.5) is 5.82 Å². The van der Waals surface area contributed by atoms with E-state index in [9.17, 15) is 4.79 Å². The molecule has 94 valence electrons. The smallest absolute Gasteiger partial charge is 0.257 e. The zero-order valence-electron chi connectivity index (χ0n) is 10.3. The van der Waals surface area contributed by atoms with Crippen LogP contribution >= 0.6 is 0 Å². The first kappa shape index (κ1) is 13.3. The van der Waals surface area contributed by atoms with Gasteiger partial charge in [-0.25, -0.2) is 4.98 Å². The highest BCUT2D eigenvalue weighted by Crippen LogP contribution is 2.16. The lowest BCUT2D eigenvalue weighted by Crippen LogP contribution is -2.30. The molecule has 0 bridgehead atoms. The lowest BCUT2D eigenvalue weighted by atomic mass is 10.1. The van der Waals surface area contributed by atoms with E-state index >= 15 is 0 Å². The molecule has 1 rings (SSSR count). The number of nitrogen functional groups attached to an aromatic ring is 1. The van der Waals surface area contributed by atoms with E-state index in [1.54, 1.807) is 18.3 Å². The van der Waals surface area contributed by atoms with Gasteiger partial charge in [0.25, 0.3) is 5.91 Å². The number of carbonyl (C=O) groups excluding carboxylic acids is 1. The van der Waals surface area contributed by atoms with Crippen molar-refractivity contribution in [1.29, 1.82) is 0 Å². The molecule has 1 aromatic heterocycles. The van der Waals surface area contributed by atoms with Crippen LogP contribution in [0.1, 0.15) is 20.3 Å². The Morgan fingerprint density at radius 1 is 1.59 bits per heavy atom. The summed E-state index contributed by atoms with van der Waals surface area (Å²) in [6.45, 7) is 4.86. The summed E-state index contributed by atoms with van der Waals surface area (Å²) in [6, 6.07) is 3.39. The van der Waals surface area contributed by atoms with Gasteiger partial charge in [0.2, 0.25) is 0 Å². The van der Waals surface area contributed by atoms with E-state index in [0.29, 0.717) is 24.0 Å². The topological polar surface area (TPSA) is 77.2 Å². The second-order valence-electron chi connectivity index (χ2n) is 4.21. The van der Waals surface area contributed by atoms with E-state index in [1.165, 1.54) is 0 Å². The quantitative estimate of drug-likeness (QED) is 0.779. The number of hydrogen-bond acceptors (Lipinski definition) is 4. The number of anilines is 1. The Kier molecular flexibility index (Phi) is 5.26. The number of rotatable bonds is 6. The highest BCUT2D eigenvalue weighted by molar-refractivity contribution is 5.77. The third kappa shape index (κ3) is 5.19. The Balaban J connectivity index is 2.26. The third-order valence-electron chi connectivity index (χ3n) is 2.20. The van der Waals surface area contributed by atoms with Crippen molar-refractivity contribution in [2.75, 3.05) is 18.9 Å². The Hall–Kier alpha value is -1.78. The van der Waals surface area contributed by atoms with Crippen molar-refractivity contribution in [3.05, 3.63) is 18.3 Å². The molecule has 1 aromatic rings. The van der Waals surface area contributed by atoms with E-state index < -0.39 is 0 Å². The summed E-state index contributed by atoms with van der Waals surface area (Å²) in [6.07, 6.45) is 2.53. The summed E-state index contributed by atoms with van der Waals surface area (Å²) < 4.78 is 5.26. The number of nitrogens with two attached hydrogens (primary N) is 1. The predicted molar refractivity (Wildman–Crippen MR) is 66.6 cm³/mol. The predicted octanol–water partition coefficient (Wildman–Crippen LogP) is 1.20. The molecule has 1 heterocycles. The first-order valence-electron chi connectivity index (χ1n) is 5.69. The Morgan fingerprint density at radius 3 is 3.00 bits per heavy atom. The van der Waals surface area contributed by atoms with E-state index in [1.807, 2.05) is 0 Å². The molecule has 0 fully saturated rings. The molecule has 0 saturated carbocycles. The summed E-state index contributed by atoms with van der Waals surface area (Å²) in [7, 11) is 0. The van der Waals surface area contributed by atoms with Gasteiger partial charge in [-0.2, -0.15) is 0 Å². The Bertz CT molecular complexity index is 367. The van der Waals surface area contributed by atoms with Gasteiger partial charge in [0.15, 0.2) is 18.2 Å². The van der Waals surface area contributed by atoms with Crippen LogP contribution in [0.2, 0.25) is 0 Å². The van der Waals surface area contributed by atoms with E-state index in [-0.39, 0.29) is 12.5 Å². The maximum atomic E-state index is 11.4. The highest BCUT2D eigenvalue weighted by atomic mass is 16.5. The highest BCUT2D eigenvalue weighted by Gasteiger charge is 2.05. The summed E-state index contributed by atoms with van der Waals surface area (Å²) >= 11 is 0. The van der Waals surface area contributed by atoms with Crippen LogP contribution < -0.4 is 15.8 Å². The maximum Gasteiger partial charge on any atom is 0.257 e. The number of hydrogen-bond donors (Lipinski definition) is 2. The Morgan fingerprint density at radius 2 is 2.35 bits per heavy atom. The third-order valence-corrected chi connectivity index (χ3v) is 2.20. The number of amides is 1. The molecule has 0 atom stereocenters. The molecule has 0 aromatic carbocycles. The number of nitrogens with one attached hydrogen (secondary N) is 1.